The Morgan fingerprint density at radius 1 is 1.00 bits per heavy atom. The lowest BCUT2D eigenvalue weighted by Gasteiger charge is -2.16. The van der Waals surface area contributed by atoms with Crippen LogP contribution in [0.3, 0.4) is 0 Å². The Bertz CT molecular complexity index is 987. The minimum atomic E-state index is -0.121. The number of ether oxygens (including phenoxy) is 2. The van der Waals surface area contributed by atoms with E-state index in [1.165, 1.54) is 0 Å². The molecule has 1 heterocycles. The number of rotatable bonds is 9. The fourth-order valence-electron chi connectivity index (χ4n) is 3.55. The molecule has 1 atom stereocenters. The maximum absolute atomic E-state index is 12.8. The monoisotopic (exact) mass is 421 g/mol. The molecular formula is C25H31N3O3. The van der Waals surface area contributed by atoms with Gasteiger partial charge < -0.3 is 14.8 Å². The highest BCUT2D eigenvalue weighted by atomic mass is 16.5. The van der Waals surface area contributed by atoms with E-state index < -0.39 is 0 Å². The Hall–Kier alpha value is -3.28. The molecule has 1 N–H and O–H groups in total. The fourth-order valence-corrected chi connectivity index (χ4v) is 3.55. The summed E-state index contributed by atoms with van der Waals surface area (Å²) < 4.78 is 12.8. The topological polar surface area (TPSA) is 65.4 Å². The summed E-state index contributed by atoms with van der Waals surface area (Å²) in [4.78, 5) is 17.0. The van der Waals surface area contributed by atoms with E-state index in [9.17, 15) is 4.79 Å². The number of carbonyl (C=O) groups excluding carboxylic acids is 1. The largest absolute Gasteiger partial charge is 0.496 e. The molecule has 1 aromatic heterocycles. The first kappa shape index (κ1) is 22.4. The first-order chi connectivity index (χ1) is 14.9. The summed E-state index contributed by atoms with van der Waals surface area (Å²) in [6.07, 6.45) is 5.29. The molecule has 3 aromatic rings. The predicted molar refractivity (Wildman–Crippen MR) is 123 cm³/mol. The SMILES string of the molecule is COc1cccc(OC)c1-c1ccc(-n2cncc2C(=O)N[C@@H](C)CCC(C)C)cc1. The Morgan fingerprint density at radius 3 is 2.23 bits per heavy atom. The van der Waals surface area contributed by atoms with Gasteiger partial charge in [0, 0.05) is 11.7 Å². The zero-order valence-electron chi connectivity index (χ0n) is 18.9. The van der Waals surface area contributed by atoms with E-state index in [2.05, 4.69) is 24.1 Å². The van der Waals surface area contributed by atoms with Crippen molar-refractivity contribution in [2.75, 3.05) is 14.2 Å². The number of nitrogens with one attached hydrogen (secondary N) is 1. The van der Waals surface area contributed by atoms with Gasteiger partial charge in [0.05, 0.1) is 32.3 Å². The number of benzene rings is 2. The third kappa shape index (κ3) is 5.26. The molecule has 0 spiro atoms. The maximum Gasteiger partial charge on any atom is 0.270 e. The summed E-state index contributed by atoms with van der Waals surface area (Å²) >= 11 is 0. The summed E-state index contributed by atoms with van der Waals surface area (Å²) in [5, 5.41) is 3.08. The van der Waals surface area contributed by atoms with Crippen LogP contribution in [0.1, 0.15) is 44.1 Å². The second-order valence-corrected chi connectivity index (χ2v) is 8.08. The first-order valence-corrected chi connectivity index (χ1v) is 10.6. The van der Waals surface area contributed by atoms with Crippen LogP contribution in [-0.4, -0.2) is 35.7 Å². The second kappa shape index (κ2) is 10.2. The molecule has 0 aliphatic rings. The van der Waals surface area contributed by atoms with E-state index >= 15 is 0 Å². The smallest absolute Gasteiger partial charge is 0.270 e. The van der Waals surface area contributed by atoms with Crippen molar-refractivity contribution in [1.82, 2.24) is 14.9 Å². The summed E-state index contributed by atoms with van der Waals surface area (Å²) in [6.45, 7) is 6.41. The number of carbonyl (C=O) groups is 1. The van der Waals surface area contributed by atoms with Crippen LogP contribution in [0.5, 0.6) is 11.5 Å². The lowest BCUT2D eigenvalue weighted by molar-refractivity contribution is 0.0930. The van der Waals surface area contributed by atoms with Crippen molar-refractivity contribution in [2.24, 2.45) is 5.92 Å². The van der Waals surface area contributed by atoms with E-state index in [4.69, 9.17) is 9.47 Å². The van der Waals surface area contributed by atoms with Crippen LogP contribution in [0.15, 0.2) is 55.0 Å². The zero-order valence-corrected chi connectivity index (χ0v) is 18.9. The van der Waals surface area contributed by atoms with Crippen LogP contribution in [0, 0.1) is 5.92 Å². The van der Waals surface area contributed by atoms with Gasteiger partial charge in [0.15, 0.2) is 0 Å². The molecule has 0 unspecified atom stereocenters. The molecule has 3 rings (SSSR count). The molecule has 164 valence electrons. The van der Waals surface area contributed by atoms with Gasteiger partial charge in [-0.1, -0.05) is 32.0 Å². The van der Waals surface area contributed by atoms with Crippen molar-refractivity contribution in [3.05, 3.63) is 60.7 Å². The Kier molecular flexibility index (Phi) is 7.34. The summed E-state index contributed by atoms with van der Waals surface area (Å²) in [5.41, 5.74) is 3.22. The highest BCUT2D eigenvalue weighted by Crippen LogP contribution is 2.38. The van der Waals surface area contributed by atoms with Crippen molar-refractivity contribution in [3.63, 3.8) is 0 Å². The fraction of sp³-hybridized carbons (Fsp3) is 0.360. The minimum Gasteiger partial charge on any atom is -0.496 e. The van der Waals surface area contributed by atoms with Crippen molar-refractivity contribution < 1.29 is 14.3 Å². The van der Waals surface area contributed by atoms with E-state index in [0.717, 1.165) is 41.2 Å². The molecule has 0 saturated heterocycles. The standard InChI is InChI=1S/C25H31N3O3/c1-17(2)9-10-18(3)27-25(29)21-15-26-16-28(21)20-13-11-19(12-14-20)24-22(30-4)7-6-8-23(24)31-5/h6-8,11-18H,9-10H2,1-5H3,(H,27,29)/t18-/m0/s1. The lowest BCUT2D eigenvalue weighted by Crippen LogP contribution is -2.33. The molecule has 0 aliphatic carbocycles. The van der Waals surface area contributed by atoms with Gasteiger partial charge in [-0.2, -0.15) is 0 Å². The number of methoxy groups -OCH3 is 2. The molecule has 0 aliphatic heterocycles. The number of aromatic nitrogens is 2. The molecule has 6 heteroatoms. The van der Waals surface area contributed by atoms with Crippen LogP contribution < -0.4 is 14.8 Å². The normalized spacial score (nSPS) is 11.9. The van der Waals surface area contributed by atoms with Crippen LogP contribution in [0.4, 0.5) is 0 Å². The Labute approximate surface area is 184 Å². The third-order valence-corrected chi connectivity index (χ3v) is 5.29. The molecular weight excluding hydrogens is 390 g/mol. The number of hydrogen-bond acceptors (Lipinski definition) is 4. The van der Waals surface area contributed by atoms with Crippen molar-refractivity contribution in [3.8, 4) is 28.3 Å². The molecule has 31 heavy (non-hydrogen) atoms. The van der Waals surface area contributed by atoms with E-state index in [-0.39, 0.29) is 11.9 Å². The van der Waals surface area contributed by atoms with Crippen LogP contribution in [-0.2, 0) is 0 Å². The van der Waals surface area contributed by atoms with E-state index in [0.29, 0.717) is 11.6 Å². The third-order valence-electron chi connectivity index (χ3n) is 5.29. The Balaban J connectivity index is 1.83. The number of nitrogens with zero attached hydrogens (tertiary/aromatic N) is 2. The average molecular weight is 422 g/mol. The summed E-state index contributed by atoms with van der Waals surface area (Å²) in [5.74, 6) is 1.98. The number of imidazole rings is 1. The zero-order chi connectivity index (χ0) is 22.4. The highest BCUT2D eigenvalue weighted by Gasteiger charge is 2.17. The molecule has 0 fully saturated rings. The van der Waals surface area contributed by atoms with Crippen LogP contribution in [0.25, 0.3) is 16.8 Å². The van der Waals surface area contributed by atoms with Gasteiger partial charge >= 0.3 is 0 Å². The van der Waals surface area contributed by atoms with Crippen LogP contribution >= 0.6 is 0 Å². The maximum atomic E-state index is 12.8. The number of hydrogen-bond donors (Lipinski definition) is 1. The first-order valence-electron chi connectivity index (χ1n) is 10.6. The number of amides is 1. The molecule has 2 aromatic carbocycles. The lowest BCUT2D eigenvalue weighted by atomic mass is 10.0. The summed E-state index contributed by atoms with van der Waals surface area (Å²) in [6, 6.07) is 13.7. The Morgan fingerprint density at radius 2 is 1.65 bits per heavy atom. The van der Waals surface area contributed by atoms with Gasteiger partial charge in [-0.3, -0.25) is 9.36 Å². The summed E-state index contributed by atoms with van der Waals surface area (Å²) in [7, 11) is 3.29. The minimum absolute atomic E-state index is 0.110. The van der Waals surface area contributed by atoms with E-state index in [1.807, 2.05) is 49.4 Å². The van der Waals surface area contributed by atoms with Gasteiger partial charge in [0.25, 0.3) is 5.91 Å². The molecule has 0 saturated carbocycles. The highest BCUT2D eigenvalue weighted by molar-refractivity contribution is 5.93. The van der Waals surface area contributed by atoms with E-state index in [1.54, 1.807) is 31.3 Å². The van der Waals surface area contributed by atoms with Gasteiger partial charge in [0.2, 0.25) is 0 Å². The molecule has 1 amide bonds. The molecule has 6 nitrogen and oxygen atoms in total. The van der Waals surface area contributed by atoms with Gasteiger partial charge in [-0.05, 0) is 55.5 Å². The molecule has 0 radical (unpaired) electrons. The predicted octanol–water partition coefficient (Wildman–Crippen LogP) is 5.11. The van der Waals surface area contributed by atoms with Gasteiger partial charge in [-0.25, -0.2) is 4.98 Å². The van der Waals surface area contributed by atoms with Crippen molar-refractivity contribution in [1.29, 1.82) is 0 Å². The van der Waals surface area contributed by atoms with Crippen molar-refractivity contribution in [2.45, 2.75) is 39.7 Å². The van der Waals surface area contributed by atoms with Crippen LogP contribution in [0.2, 0.25) is 0 Å². The van der Waals surface area contributed by atoms with Gasteiger partial charge in [-0.15, -0.1) is 0 Å². The van der Waals surface area contributed by atoms with Gasteiger partial charge in [0.1, 0.15) is 17.2 Å². The quantitative estimate of drug-likeness (QED) is 0.521. The molecule has 0 bridgehead atoms. The van der Waals surface area contributed by atoms with Crippen molar-refractivity contribution >= 4 is 5.91 Å². The average Bonchev–Trinajstić information content (AvgIpc) is 3.27. The second-order valence-electron chi connectivity index (χ2n) is 8.08.